The summed E-state index contributed by atoms with van der Waals surface area (Å²) in [4.78, 5) is 0. The lowest BCUT2D eigenvalue weighted by Gasteiger charge is -2.12. The first-order valence-electron chi connectivity index (χ1n) is 12.1. The lowest BCUT2D eigenvalue weighted by atomic mass is 10.1. The highest BCUT2D eigenvalue weighted by Gasteiger charge is 2.19. The number of fused-ring (bicyclic) bond motifs is 1. The number of methoxy groups -OCH3 is 3. The van der Waals surface area contributed by atoms with Gasteiger partial charge in [-0.15, -0.1) is 0 Å². The Balaban J connectivity index is 1.60. The molecule has 0 bridgehead atoms. The van der Waals surface area contributed by atoms with Gasteiger partial charge in [0.2, 0.25) is 0 Å². The van der Waals surface area contributed by atoms with E-state index in [9.17, 15) is 0 Å². The molecule has 0 amide bonds. The third-order valence-corrected chi connectivity index (χ3v) is 6.17. The van der Waals surface area contributed by atoms with Crippen molar-refractivity contribution in [3.63, 3.8) is 0 Å². The summed E-state index contributed by atoms with van der Waals surface area (Å²) < 4.78 is 30.3. The summed E-state index contributed by atoms with van der Waals surface area (Å²) in [6.45, 7) is 5.94. The Morgan fingerprint density at radius 3 is 1.89 bits per heavy atom. The summed E-state index contributed by atoms with van der Waals surface area (Å²) in [5, 5.41) is 1.17. The van der Waals surface area contributed by atoms with E-state index in [1.165, 1.54) is 16.5 Å². The number of rotatable bonds is 10. The van der Waals surface area contributed by atoms with Gasteiger partial charge in [-0.2, -0.15) is 0 Å². The Labute approximate surface area is 218 Å². The number of aryl methyl sites for hydroxylation is 2. The van der Waals surface area contributed by atoms with Crippen LogP contribution >= 0.6 is 0 Å². The van der Waals surface area contributed by atoms with Gasteiger partial charge in [0.15, 0.2) is 0 Å². The Bertz CT molecular complexity index is 1390. The third-order valence-electron chi connectivity index (χ3n) is 6.17. The highest BCUT2D eigenvalue weighted by molar-refractivity contribution is 5.89. The van der Waals surface area contributed by atoms with Crippen LogP contribution in [-0.2, 0) is 24.5 Å². The second-order valence-corrected chi connectivity index (χ2v) is 8.70. The van der Waals surface area contributed by atoms with Crippen LogP contribution in [0.3, 0.4) is 0 Å². The van der Waals surface area contributed by atoms with E-state index in [4.69, 9.17) is 23.7 Å². The van der Waals surface area contributed by atoms with E-state index in [0.29, 0.717) is 26.4 Å². The summed E-state index contributed by atoms with van der Waals surface area (Å²) >= 11 is 0. The van der Waals surface area contributed by atoms with E-state index in [1.807, 2.05) is 48.5 Å². The van der Waals surface area contributed by atoms with Gasteiger partial charge in [-0.05, 0) is 74.0 Å². The molecular formula is C31H33NO5. The molecule has 37 heavy (non-hydrogen) atoms. The monoisotopic (exact) mass is 499 g/mol. The van der Waals surface area contributed by atoms with Crippen LogP contribution in [0.25, 0.3) is 10.9 Å². The van der Waals surface area contributed by atoms with Crippen molar-refractivity contribution >= 4 is 10.9 Å². The molecule has 4 aromatic rings. The third kappa shape index (κ3) is 6.19. The number of aromatic nitrogens is 1. The molecule has 0 aliphatic heterocycles. The molecular weight excluding hydrogens is 466 g/mol. The summed E-state index contributed by atoms with van der Waals surface area (Å²) in [7, 11) is 5.01. The molecule has 4 rings (SSSR count). The molecule has 0 spiro atoms. The average molecular weight is 500 g/mol. The molecule has 0 aliphatic rings. The van der Waals surface area contributed by atoms with E-state index in [0.717, 1.165) is 39.8 Å². The highest BCUT2D eigenvalue weighted by Crippen LogP contribution is 2.32. The zero-order chi connectivity index (χ0) is 26.2. The molecule has 0 saturated carbocycles. The van der Waals surface area contributed by atoms with E-state index in [1.54, 1.807) is 21.3 Å². The molecule has 0 saturated heterocycles. The molecule has 192 valence electrons. The van der Waals surface area contributed by atoms with E-state index < -0.39 is 0 Å². The highest BCUT2D eigenvalue weighted by atomic mass is 16.5. The molecule has 1 heterocycles. The van der Waals surface area contributed by atoms with Crippen LogP contribution in [0.15, 0.2) is 60.7 Å². The fraction of sp³-hybridized carbons (Fsp3) is 0.290. The second-order valence-electron chi connectivity index (χ2n) is 8.70. The standard InChI is InChI=1S/C31H33NO5/c1-22-18-23(2)31-28(19-22)29(20-33-3)30(21-37-27-14-10-25(35-5)11-15-27)32(31)16-6-7-17-36-26-12-8-24(34-4)9-13-26/h8-15,18-19H,16-17,20-21H2,1-5H3. The number of nitrogens with zero attached hydrogens (tertiary/aromatic N) is 1. The van der Waals surface area contributed by atoms with Crippen LogP contribution in [0.2, 0.25) is 0 Å². The van der Waals surface area contributed by atoms with Gasteiger partial charge in [-0.25, -0.2) is 0 Å². The van der Waals surface area contributed by atoms with Crippen LogP contribution in [0.4, 0.5) is 0 Å². The quantitative estimate of drug-likeness (QED) is 0.248. The number of hydrogen-bond donors (Lipinski definition) is 0. The van der Waals surface area contributed by atoms with Gasteiger partial charge < -0.3 is 28.3 Å². The second kappa shape index (κ2) is 12.2. The van der Waals surface area contributed by atoms with E-state index in [-0.39, 0.29) is 0 Å². The molecule has 0 N–H and O–H groups in total. The smallest absolute Gasteiger partial charge is 0.149 e. The zero-order valence-corrected chi connectivity index (χ0v) is 22.1. The van der Waals surface area contributed by atoms with Crippen molar-refractivity contribution in [2.75, 3.05) is 27.9 Å². The minimum atomic E-state index is 0.298. The summed E-state index contributed by atoms with van der Waals surface area (Å²) in [6.07, 6.45) is 0. The van der Waals surface area contributed by atoms with Gasteiger partial charge in [0.05, 0.1) is 38.6 Å². The van der Waals surface area contributed by atoms with E-state index in [2.05, 4.69) is 42.4 Å². The van der Waals surface area contributed by atoms with E-state index >= 15 is 0 Å². The van der Waals surface area contributed by atoms with Crippen LogP contribution in [0.5, 0.6) is 23.0 Å². The summed E-state index contributed by atoms with van der Waals surface area (Å²) in [6, 6.07) is 19.5. The predicted molar refractivity (Wildman–Crippen MR) is 146 cm³/mol. The number of benzene rings is 3. The van der Waals surface area contributed by atoms with Crippen LogP contribution in [-0.4, -0.2) is 32.5 Å². The van der Waals surface area contributed by atoms with Crippen molar-refractivity contribution in [3.8, 4) is 34.8 Å². The maximum Gasteiger partial charge on any atom is 0.149 e. The number of hydrogen-bond acceptors (Lipinski definition) is 5. The van der Waals surface area contributed by atoms with Gasteiger partial charge in [0, 0.05) is 18.1 Å². The van der Waals surface area contributed by atoms with Crippen LogP contribution < -0.4 is 18.9 Å². The van der Waals surface area contributed by atoms with Crippen LogP contribution in [0, 0.1) is 25.7 Å². The minimum absolute atomic E-state index is 0.298. The maximum absolute atomic E-state index is 6.21. The fourth-order valence-corrected chi connectivity index (χ4v) is 4.45. The van der Waals surface area contributed by atoms with Crippen molar-refractivity contribution in [3.05, 3.63) is 83.0 Å². The average Bonchev–Trinajstić information content (AvgIpc) is 3.20. The first-order valence-corrected chi connectivity index (χ1v) is 12.1. The van der Waals surface area contributed by atoms with Gasteiger partial charge in [-0.3, -0.25) is 0 Å². The van der Waals surface area contributed by atoms with Crippen molar-refractivity contribution in [1.29, 1.82) is 0 Å². The molecule has 0 unspecified atom stereocenters. The Hall–Kier alpha value is -4.08. The fourth-order valence-electron chi connectivity index (χ4n) is 4.45. The van der Waals surface area contributed by atoms with Gasteiger partial charge in [0.1, 0.15) is 36.2 Å². The Morgan fingerprint density at radius 1 is 0.703 bits per heavy atom. The molecule has 0 aliphatic carbocycles. The molecule has 0 atom stereocenters. The van der Waals surface area contributed by atoms with Gasteiger partial charge in [0.25, 0.3) is 0 Å². The molecule has 6 heteroatoms. The van der Waals surface area contributed by atoms with Crippen molar-refractivity contribution in [2.45, 2.75) is 33.6 Å². The molecule has 1 aromatic heterocycles. The van der Waals surface area contributed by atoms with Crippen molar-refractivity contribution in [2.24, 2.45) is 0 Å². The molecule has 6 nitrogen and oxygen atoms in total. The first-order chi connectivity index (χ1) is 18.0. The number of ether oxygens (including phenoxy) is 5. The molecule has 0 fully saturated rings. The minimum Gasteiger partial charge on any atom is -0.497 e. The largest absolute Gasteiger partial charge is 0.497 e. The maximum atomic E-state index is 6.21. The topological polar surface area (TPSA) is 51.1 Å². The summed E-state index contributed by atoms with van der Waals surface area (Å²) in [5.74, 6) is 9.55. The predicted octanol–water partition coefficient (Wildman–Crippen LogP) is 6.08. The Kier molecular flexibility index (Phi) is 8.60. The first kappa shape index (κ1) is 26.0. The lowest BCUT2D eigenvalue weighted by Crippen LogP contribution is -2.09. The van der Waals surface area contributed by atoms with Gasteiger partial charge >= 0.3 is 0 Å². The van der Waals surface area contributed by atoms with Gasteiger partial charge in [-0.1, -0.05) is 23.5 Å². The lowest BCUT2D eigenvalue weighted by molar-refractivity contribution is 0.182. The van der Waals surface area contributed by atoms with Crippen molar-refractivity contribution in [1.82, 2.24) is 4.57 Å². The SMILES string of the molecule is COCc1c(COc2ccc(OC)cc2)n(CC#CCOc2ccc(OC)cc2)c2c(C)cc(C)cc12. The summed E-state index contributed by atoms with van der Waals surface area (Å²) in [5.41, 5.74) is 5.72. The van der Waals surface area contributed by atoms with Crippen LogP contribution in [0.1, 0.15) is 22.4 Å². The molecule has 3 aromatic carbocycles. The zero-order valence-electron chi connectivity index (χ0n) is 22.1. The normalized spacial score (nSPS) is 10.6. The Morgan fingerprint density at radius 2 is 1.30 bits per heavy atom. The van der Waals surface area contributed by atoms with Crippen molar-refractivity contribution < 1.29 is 23.7 Å². The molecule has 0 radical (unpaired) electrons.